The van der Waals surface area contributed by atoms with Gasteiger partial charge in [0.1, 0.15) is 25.1 Å². The Balaban J connectivity index is -0.0000000190. The number of carbonyl (C=O) groups is 4. The van der Waals surface area contributed by atoms with E-state index in [-0.39, 0.29) is 0 Å². The zero-order valence-corrected chi connectivity index (χ0v) is 11.9. The molecule has 4 heteroatoms. The number of carbonyl (C=O) groups excluding carboxylic acids is 4. The third kappa shape index (κ3) is 993. The van der Waals surface area contributed by atoms with Crippen molar-refractivity contribution in [1.82, 2.24) is 0 Å². The molecule has 0 saturated heterocycles. The van der Waals surface area contributed by atoms with Gasteiger partial charge < -0.3 is 19.2 Å². The zero-order valence-electron chi connectivity index (χ0n) is 11.9. The van der Waals surface area contributed by atoms with Crippen LogP contribution in [0.25, 0.3) is 0 Å². The molecule has 0 amide bonds. The molecule has 0 heterocycles. The lowest BCUT2D eigenvalue weighted by Gasteiger charge is -1.24. The highest BCUT2D eigenvalue weighted by Crippen LogP contribution is 1.15. The largest absolute Gasteiger partial charge is 0.304 e. The molecular formula is C12H28O4. The first-order chi connectivity index (χ1) is 7.66. The number of hydrogen-bond donors (Lipinski definition) is 0. The van der Waals surface area contributed by atoms with Gasteiger partial charge in [0, 0.05) is 0 Å². The molecule has 4 nitrogen and oxygen atoms in total. The standard InChI is InChI=1S/4C2H4O.2C2H6/c4*1-2-3;2*1-2/h4*2H,1H3;2*1-2H3. The average Bonchev–Trinajstić information content (AvgIpc) is 2.27. The van der Waals surface area contributed by atoms with E-state index in [1.165, 1.54) is 27.7 Å². The van der Waals surface area contributed by atoms with Crippen molar-refractivity contribution in [2.75, 3.05) is 0 Å². The summed E-state index contributed by atoms with van der Waals surface area (Å²) in [5.41, 5.74) is 0. The van der Waals surface area contributed by atoms with Crippen molar-refractivity contribution < 1.29 is 19.2 Å². The highest BCUT2D eigenvalue weighted by Gasteiger charge is 1.25. The van der Waals surface area contributed by atoms with Gasteiger partial charge in [-0.25, -0.2) is 0 Å². The summed E-state index contributed by atoms with van der Waals surface area (Å²) in [6, 6.07) is 0. The van der Waals surface area contributed by atoms with Crippen molar-refractivity contribution in [2.45, 2.75) is 55.4 Å². The van der Waals surface area contributed by atoms with Crippen LogP contribution in [0.3, 0.4) is 0 Å². The molecule has 100 valence electrons. The molecule has 0 N–H and O–H groups in total. The Hall–Kier alpha value is -1.32. The lowest BCUT2D eigenvalue weighted by Crippen LogP contribution is -1.36. The summed E-state index contributed by atoms with van der Waals surface area (Å²) in [4.78, 5) is 35.2. The molecule has 0 bridgehead atoms. The van der Waals surface area contributed by atoms with Crippen molar-refractivity contribution in [3.8, 4) is 0 Å². The van der Waals surface area contributed by atoms with E-state index in [4.69, 9.17) is 19.2 Å². The van der Waals surface area contributed by atoms with Crippen LogP contribution >= 0.6 is 0 Å². The fourth-order valence-corrected chi connectivity index (χ4v) is 0. The van der Waals surface area contributed by atoms with Crippen LogP contribution in [0.4, 0.5) is 0 Å². The molecule has 0 atom stereocenters. The van der Waals surface area contributed by atoms with Crippen LogP contribution in [0.15, 0.2) is 0 Å². The second kappa shape index (κ2) is 306. The van der Waals surface area contributed by atoms with Gasteiger partial charge in [-0.2, -0.15) is 0 Å². The maximum Gasteiger partial charge on any atom is 0.116 e. The van der Waals surface area contributed by atoms with Gasteiger partial charge >= 0.3 is 0 Å². The van der Waals surface area contributed by atoms with Crippen LogP contribution in [-0.2, 0) is 19.2 Å². The molecule has 0 aromatic heterocycles. The van der Waals surface area contributed by atoms with E-state index in [0.29, 0.717) is 0 Å². The maximum atomic E-state index is 8.81. The van der Waals surface area contributed by atoms with Gasteiger partial charge in [0.15, 0.2) is 0 Å². The normalized spacial score (nSPS) is 4.00. The Morgan fingerprint density at radius 3 is 0.438 bits per heavy atom. The molecule has 0 saturated carbocycles. The number of rotatable bonds is 0. The summed E-state index contributed by atoms with van der Waals surface area (Å²) in [5.74, 6) is 0. The van der Waals surface area contributed by atoms with Gasteiger partial charge in [0.05, 0.1) is 0 Å². The Morgan fingerprint density at radius 2 is 0.438 bits per heavy atom. The zero-order chi connectivity index (χ0) is 14.8. The summed E-state index contributed by atoms with van der Waals surface area (Å²) in [6.45, 7) is 13.8. The van der Waals surface area contributed by atoms with E-state index in [2.05, 4.69) is 0 Å². The third-order valence-electron chi connectivity index (χ3n) is 0. The molecule has 0 spiro atoms. The molecule has 0 fully saturated rings. The Labute approximate surface area is 100 Å². The first-order valence-corrected chi connectivity index (χ1v) is 5.25. The van der Waals surface area contributed by atoms with Crippen molar-refractivity contribution >= 4 is 25.1 Å². The summed E-state index contributed by atoms with van der Waals surface area (Å²) >= 11 is 0. The molecule has 0 aliphatic heterocycles. The van der Waals surface area contributed by atoms with Gasteiger partial charge in [0.2, 0.25) is 0 Å². The minimum atomic E-state index is 0.750. The molecule has 0 aromatic rings. The number of hydrogen-bond acceptors (Lipinski definition) is 4. The smallest absolute Gasteiger partial charge is 0.116 e. The molecule has 0 aliphatic carbocycles. The second-order valence-corrected chi connectivity index (χ2v) is 0.943. The van der Waals surface area contributed by atoms with E-state index in [1.807, 2.05) is 27.7 Å². The fourth-order valence-electron chi connectivity index (χ4n) is 0. The highest BCUT2D eigenvalue weighted by atomic mass is 16.1. The Morgan fingerprint density at radius 1 is 0.438 bits per heavy atom. The lowest BCUT2D eigenvalue weighted by atomic mass is 11.0. The molecule has 0 aliphatic rings. The van der Waals surface area contributed by atoms with Crippen molar-refractivity contribution in [1.29, 1.82) is 0 Å². The van der Waals surface area contributed by atoms with Crippen LogP contribution in [0.5, 0.6) is 0 Å². The molecule has 0 radical (unpaired) electrons. The summed E-state index contributed by atoms with van der Waals surface area (Å²) in [7, 11) is 0. The van der Waals surface area contributed by atoms with Gasteiger partial charge in [-0.1, -0.05) is 27.7 Å². The van der Waals surface area contributed by atoms with Gasteiger partial charge in [-0.3, -0.25) is 0 Å². The van der Waals surface area contributed by atoms with Crippen molar-refractivity contribution in [2.24, 2.45) is 0 Å². The summed E-state index contributed by atoms with van der Waals surface area (Å²) in [5, 5.41) is 0. The molecule has 0 rings (SSSR count). The monoisotopic (exact) mass is 236 g/mol. The molecular weight excluding hydrogens is 208 g/mol. The van der Waals surface area contributed by atoms with E-state index in [9.17, 15) is 0 Å². The quantitative estimate of drug-likeness (QED) is 0.606. The predicted octanol–water partition coefficient (Wildman–Crippen LogP) is 2.87. The second-order valence-electron chi connectivity index (χ2n) is 0.943. The maximum absolute atomic E-state index is 8.81. The van der Waals surface area contributed by atoms with E-state index in [0.717, 1.165) is 25.1 Å². The predicted molar refractivity (Wildman–Crippen MR) is 69.6 cm³/mol. The van der Waals surface area contributed by atoms with Gasteiger partial charge in [-0.15, -0.1) is 0 Å². The topological polar surface area (TPSA) is 68.3 Å². The van der Waals surface area contributed by atoms with E-state index in [1.54, 1.807) is 0 Å². The van der Waals surface area contributed by atoms with E-state index >= 15 is 0 Å². The van der Waals surface area contributed by atoms with Crippen molar-refractivity contribution in [3.05, 3.63) is 0 Å². The lowest BCUT2D eigenvalue weighted by molar-refractivity contribution is -0.106. The number of aldehydes is 4. The Bertz CT molecular complexity index is 67.0. The van der Waals surface area contributed by atoms with Crippen LogP contribution in [0.1, 0.15) is 55.4 Å². The first-order valence-electron chi connectivity index (χ1n) is 5.25. The first kappa shape index (κ1) is 36.5. The molecule has 16 heavy (non-hydrogen) atoms. The molecule has 0 unspecified atom stereocenters. The van der Waals surface area contributed by atoms with Crippen LogP contribution in [0, 0.1) is 0 Å². The third-order valence-corrected chi connectivity index (χ3v) is 0. The highest BCUT2D eigenvalue weighted by molar-refractivity contribution is 5.45. The van der Waals surface area contributed by atoms with E-state index < -0.39 is 0 Å². The van der Waals surface area contributed by atoms with Crippen LogP contribution < -0.4 is 0 Å². The van der Waals surface area contributed by atoms with Crippen LogP contribution in [-0.4, -0.2) is 25.1 Å². The molecule has 0 aromatic carbocycles. The van der Waals surface area contributed by atoms with Gasteiger partial charge in [0.25, 0.3) is 0 Å². The average molecular weight is 236 g/mol. The summed E-state index contributed by atoms with van der Waals surface area (Å²) < 4.78 is 0. The van der Waals surface area contributed by atoms with Crippen molar-refractivity contribution in [3.63, 3.8) is 0 Å². The minimum absolute atomic E-state index is 0.750. The fraction of sp³-hybridized carbons (Fsp3) is 0.667. The minimum Gasteiger partial charge on any atom is -0.304 e. The Kier molecular flexibility index (Phi) is 698. The van der Waals surface area contributed by atoms with Gasteiger partial charge in [-0.05, 0) is 27.7 Å². The summed E-state index contributed by atoms with van der Waals surface area (Å²) in [6.07, 6.45) is 3.00. The van der Waals surface area contributed by atoms with Crippen LogP contribution in [0.2, 0.25) is 0 Å². The SMILES string of the molecule is CC.CC.CC=O.CC=O.CC=O.CC=O.